The zero-order valence-corrected chi connectivity index (χ0v) is 14.6. The Hall–Kier alpha value is -3.49. The molecule has 2 aromatic rings. The maximum atomic E-state index is 12.2. The van der Waals surface area contributed by atoms with E-state index in [2.05, 4.69) is 10.5 Å². The molecule has 1 N–H and O–H groups in total. The summed E-state index contributed by atoms with van der Waals surface area (Å²) in [6.07, 6.45) is 0.220. The molecule has 9 nitrogen and oxygen atoms in total. The molecule has 0 fully saturated rings. The summed E-state index contributed by atoms with van der Waals surface area (Å²) in [6.45, 7) is 1.32. The van der Waals surface area contributed by atoms with Gasteiger partial charge in [-0.3, -0.25) is 24.1 Å². The van der Waals surface area contributed by atoms with E-state index in [0.29, 0.717) is 16.9 Å². The number of anilines is 1. The molecule has 3 amide bonds. The van der Waals surface area contributed by atoms with Crippen LogP contribution in [0.25, 0.3) is 0 Å². The van der Waals surface area contributed by atoms with Gasteiger partial charge in [-0.25, -0.2) is 0 Å². The van der Waals surface area contributed by atoms with Crippen LogP contribution in [0.3, 0.4) is 0 Å². The Morgan fingerprint density at radius 2 is 1.85 bits per heavy atom. The molecule has 0 bridgehead atoms. The number of nitrogens with one attached hydrogen (secondary N) is 1. The molecule has 1 aromatic carbocycles. The van der Waals surface area contributed by atoms with Gasteiger partial charge < -0.3 is 14.6 Å². The molecule has 1 aromatic heterocycles. The molecule has 27 heavy (non-hydrogen) atoms. The molecular formula is C18H17N3O6. The van der Waals surface area contributed by atoms with Crippen LogP contribution in [0.2, 0.25) is 0 Å². The third kappa shape index (κ3) is 4.20. The van der Waals surface area contributed by atoms with Crippen molar-refractivity contribution < 1.29 is 28.4 Å². The fourth-order valence-corrected chi connectivity index (χ4v) is 2.65. The average molecular weight is 371 g/mol. The third-order valence-electron chi connectivity index (χ3n) is 3.90. The zero-order chi connectivity index (χ0) is 19.4. The highest BCUT2D eigenvalue weighted by Crippen LogP contribution is 2.22. The van der Waals surface area contributed by atoms with Crippen LogP contribution >= 0.6 is 0 Å². The first kappa shape index (κ1) is 18.3. The SMILES string of the molecule is Cc1cc(NC(=O)COC(=O)CCCN2C(=O)c3ccccc3C2=O)no1. The predicted molar refractivity (Wildman–Crippen MR) is 91.9 cm³/mol. The summed E-state index contributed by atoms with van der Waals surface area (Å²) in [5.74, 6) is -1.11. The summed E-state index contributed by atoms with van der Waals surface area (Å²) in [4.78, 5) is 48.9. The molecule has 0 saturated carbocycles. The lowest BCUT2D eigenvalue weighted by Gasteiger charge is -2.13. The normalized spacial score (nSPS) is 12.9. The van der Waals surface area contributed by atoms with E-state index in [0.717, 1.165) is 4.90 Å². The lowest BCUT2D eigenvalue weighted by Crippen LogP contribution is -2.31. The van der Waals surface area contributed by atoms with E-state index in [1.54, 1.807) is 31.2 Å². The number of imide groups is 1. The number of ether oxygens (including phenoxy) is 1. The van der Waals surface area contributed by atoms with Crippen LogP contribution in [0.15, 0.2) is 34.9 Å². The van der Waals surface area contributed by atoms with Crippen molar-refractivity contribution in [1.29, 1.82) is 0 Å². The summed E-state index contributed by atoms with van der Waals surface area (Å²) < 4.78 is 9.67. The molecule has 2 heterocycles. The van der Waals surface area contributed by atoms with Gasteiger partial charge in [-0.15, -0.1) is 0 Å². The Balaban J connectivity index is 1.39. The van der Waals surface area contributed by atoms with E-state index in [1.807, 2.05) is 0 Å². The average Bonchev–Trinajstić information content (AvgIpc) is 3.16. The number of hydrogen-bond acceptors (Lipinski definition) is 7. The number of aromatic nitrogens is 1. The van der Waals surface area contributed by atoms with Crippen LogP contribution in [0.1, 0.15) is 39.3 Å². The van der Waals surface area contributed by atoms with Crippen LogP contribution in [-0.4, -0.2) is 46.9 Å². The lowest BCUT2D eigenvalue weighted by atomic mass is 10.1. The fraction of sp³-hybridized carbons (Fsp3) is 0.278. The van der Waals surface area contributed by atoms with E-state index in [1.165, 1.54) is 6.07 Å². The molecule has 0 atom stereocenters. The van der Waals surface area contributed by atoms with Crippen LogP contribution in [0, 0.1) is 6.92 Å². The van der Waals surface area contributed by atoms with E-state index < -0.39 is 18.5 Å². The summed E-state index contributed by atoms with van der Waals surface area (Å²) >= 11 is 0. The summed E-state index contributed by atoms with van der Waals surface area (Å²) in [7, 11) is 0. The summed E-state index contributed by atoms with van der Waals surface area (Å²) in [5, 5.41) is 6.01. The van der Waals surface area contributed by atoms with Crippen molar-refractivity contribution in [3.8, 4) is 0 Å². The Morgan fingerprint density at radius 3 is 2.44 bits per heavy atom. The van der Waals surface area contributed by atoms with Crippen molar-refractivity contribution in [3.63, 3.8) is 0 Å². The maximum Gasteiger partial charge on any atom is 0.306 e. The Bertz CT molecular complexity index is 869. The molecule has 1 aliphatic heterocycles. The molecule has 9 heteroatoms. The van der Waals surface area contributed by atoms with Gasteiger partial charge in [-0.2, -0.15) is 0 Å². The number of hydrogen-bond donors (Lipinski definition) is 1. The van der Waals surface area contributed by atoms with E-state index in [4.69, 9.17) is 9.26 Å². The van der Waals surface area contributed by atoms with E-state index >= 15 is 0 Å². The second kappa shape index (κ2) is 7.81. The molecule has 0 saturated heterocycles. The van der Waals surface area contributed by atoms with Crippen molar-refractivity contribution in [3.05, 3.63) is 47.2 Å². The molecule has 0 spiro atoms. The van der Waals surface area contributed by atoms with Gasteiger partial charge in [0.1, 0.15) is 5.76 Å². The van der Waals surface area contributed by atoms with Gasteiger partial charge in [-0.05, 0) is 25.5 Å². The Morgan fingerprint density at radius 1 is 1.19 bits per heavy atom. The van der Waals surface area contributed by atoms with Crippen molar-refractivity contribution in [2.24, 2.45) is 0 Å². The number of nitrogens with zero attached hydrogens (tertiary/aromatic N) is 2. The van der Waals surface area contributed by atoms with Gasteiger partial charge in [0.2, 0.25) is 0 Å². The zero-order valence-electron chi connectivity index (χ0n) is 14.6. The predicted octanol–water partition coefficient (Wildman–Crippen LogP) is 1.54. The van der Waals surface area contributed by atoms with Crippen LogP contribution in [-0.2, 0) is 14.3 Å². The van der Waals surface area contributed by atoms with Crippen molar-refractivity contribution in [2.75, 3.05) is 18.5 Å². The number of rotatable bonds is 7. The maximum absolute atomic E-state index is 12.2. The number of benzene rings is 1. The lowest BCUT2D eigenvalue weighted by molar-refractivity contribution is -0.147. The van der Waals surface area contributed by atoms with Crippen molar-refractivity contribution >= 4 is 29.5 Å². The highest BCUT2D eigenvalue weighted by molar-refractivity contribution is 6.21. The summed E-state index contributed by atoms with van der Waals surface area (Å²) in [6, 6.07) is 8.10. The second-order valence-corrected chi connectivity index (χ2v) is 5.94. The highest BCUT2D eigenvalue weighted by Gasteiger charge is 2.34. The largest absolute Gasteiger partial charge is 0.456 e. The third-order valence-corrected chi connectivity index (χ3v) is 3.90. The molecule has 0 radical (unpaired) electrons. The first-order chi connectivity index (χ1) is 13.0. The minimum atomic E-state index is -0.599. The molecule has 3 rings (SSSR count). The van der Waals surface area contributed by atoms with Gasteiger partial charge in [0.05, 0.1) is 11.1 Å². The van der Waals surface area contributed by atoms with Crippen LogP contribution in [0.4, 0.5) is 5.82 Å². The Kier molecular flexibility index (Phi) is 5.30. The van der Waals surface area contributed by atoms with Crippen LogP contribution in [0.5, 0.6) is 0 Å². The fourth-order valence-electron chi connectivity index (χ4n) is 2.65. The van der Waals surface area contributed by atoms with Gasteiger partial charge in [0.25, 0.3) is 17.7 Å². The van der Waals surface area contributed by atoms with E-state index in [-0.39, 0.29) is 37.0 Å². The molecular weight excluding hydrogens is 354 g/mol. The number of carbonyl (C=O) groups excluding carboxylic acids is 4. The second-order valence-electron chi connectivity index (χ2n) is 5.94. The first-order valence-electron chi connectivity index (χ1n) is 8.29. The van der Waals surface area contributed by atoms with Gasteiger partial charge in [0.15, 0.2) is 12.4 Å². The highest BCUT2D eigenvalue weighted by atomic mass is 16.5. The Labute approximate surface area is 154 Å². The van der Waals surface area contributed by atoms with E-state index in [9.17, 15) is 19.2 Å². The number of aryl methyl sites for hydroxylation is 1. The van der Waals surface area contributed by atoms with Crippen molar-refractivity contribution in [2.45, 2.75) is 19.8 Å². The molecule has 140 valence electrons. The molecule has 0 aliphatic carbocycles. The molecule has 1 aliphatic rings. The number of fused-ring (bicyclic) bond motifs is 1. The number of amides is 3. The minimum absolute atomic E-state index is 0.0241. The quantitative estimate of drug-likeness (QED) is 0.579. The standard InChI is InChI=1S/C18H17N3O6/c1-11-9-14(20-27-11)19-15(22)10-26-16(23)7-4-8-21-17(24)12-5-2-3-6-13(12)18(21)25/h2-3,5-6,9H,4,7-8,10H2,1H3,(H,19,20,22). The summed E-state index contributed by atoms with van der Waals surface area (Å²) in [5.41, 5.74) is 0.731. The van der Waals surface area contributed by atoms with Gasteiger partial charge in [0, 0.05) is 19.0 Å². The van der Waals surface area contributed by atoms with Gasteiger partial charge >= 0.3 is 5.97 Å². The monoisotopic (exact) mass is 371 g/mol. The van der Waals surface area contributed by atoms with Crippen molar-refractivity contribution in [1.82, 2.24) is 10.1 Å². The van der Waals surface area contributed by atoms with Gasteiger partial charge in [-0.1, -0.05) is 17.3 Å². The molecule has 0 unspecified atom stereocenters. The minimum Gasteiger partial charge on any atom is -0.456 e. The number of esters is 1. The topological polar surface area (TPSA) is 119 Å². The van der Waals surface area contributed by atoms with Crippen LogP contribution < -0.4 is 5.32 Å². The first-order valence-corrected chi connectivity index (χ1v) is 8.29. The number of carbonyl (C=O) groups is 4. The smallest absolute Gasteiger partial charge is 0.306 e.